The van der Waals surface area contributed by atoms with E-state index in [0.29, 0.717) is 6.42 Å². The van der Waals surface area contributed by atoms with Gasteiger partial charge in [0.05, 0.1) is 19.6 Å². The molecule has 0 atom stereocenters. The van der Waals surface area contributed by atoms with Crippen LogP contribution in [0.5, 0.6) is 0 Å². The molecule has 0 saturated carbocycles. The summed E-state index contributed by atoms with van der Waals surface area (Å²) in [5, 5.41) is 21.6. The van der Waals surface area contributed by atoms with Crippen LogP contribution in [0.2, 0.25) is 0 Å². The summed E-state index contributed by atoms with van der Waals surface area (Å²) in [6.07, 6.45) is 0.483. The minimum atomic E-state index is -4.61. The number of non-ortho nitro benzene ring substituents is 2. The van der Waals surface area contributed by atoms with Gasteiger partial charge in [-0.3, -0.25) is 20.2 Å². The zero-order valence-electron chi connectivity index (χ0n) is 15.4. The largest absolute Gasteiger partial charge is 0.330 e. The molecular formula is C16H18N4O8S2. The summed E-state index contributed by atoms with van der Waals surface area (Å²) in [5.74, 6) is 0. The minimum absolute atomic E-state index is 0.134. The smallest absolute Gasteiger partial charge is 0.269 e. The molecule has 0 amide bonds. The first-order valence-electron chi connectivity index (χ1n) is 8.48. The number of nitrogens with zero attached hydrogens (tertiary/aromatic N) is 3. The Morgan fingerprint density at radius 3 is 1.40 bits per heavy atom. The molecule has 0 saturated heterocycles. The number of sulfonamides is 2. The predicted molar refractivity (Wildman–Crippen MR) is 106 cm³/mol. The van der Waals surface area contributed by atoms with E-state index in [2.05, 4.69) is 0 Å². The summed E-state index contributed by atoms with van der Waals surface area (Å²) >= 11 is 0. The summed E-state index contributed by atoms with van der Waals surface area (Å²) in [5.41, 5.74) is 4.68. The quantitative estimate of drug-likeness (QED) is 0.314. The second-order valence-electron chi connectivity index (χ2n) is 6.00. The molecule has 2 aromatic rings. The standard InChI is InChI=1S/C16H18N4O8S2/c17-11-1-2-12-18(29(25,26)15-7-3-13(4-8-15)19(21)22)30(27,28)16-9-5-14(6-10-16)20(23)24/h3-10H,1-2,11-12,17H2. The SMILES string of the molecule is NCCCCN(S(=O)(=O)c1ccc([N+](=O)[O-])cc1)S(=O)(=O)c1ccc([N+](=O)[O-])cc1. The fourth-order valence-electron chi connectivity index (χ4n) is 2.47. The van der Waals surface area contributed by atoms with Crippen LogP contribution < -0.4 is 5.73 Å². The number of unbranched alkanes of at least 4 members (excludes halogenated alkanes) is 1. The van der Waals surface area contributed by atoms with Crippen molar-refractivity contribution in [2.24, 2.45) is 5.73 Å². The molecule has 30 heavy (non-hydrogen) atoms. The maximum Gasteiger partial charge on any atom is 0.269 e. The van der Waals surface area contributed by atoms with Crippen molar-refractivity contribution in [2.75, 3.05) is 13.1 Å². The van der Waals surface area contributed by atoms with Crippen molar-refractivity contribution in [3.63, 3.8) is 0 Å². The van der Waals surface area contributed by atoms with E-state index >= 15 is 0 Å². The maximum absolute atomic E-state index is 13.0. The maximum atomic E-state index is 13.0. The molecule has 0 heterocycles. The fraction of sp³-hybridized carbons (Fsp3) is 0.250. The van der Waals surface area contributed by atoms with E-state index < -0.39 is 46.2 Å². The predicted octanol–water partition coefficient (Wildman–Crippen LogP) is 1.62. The summed E-state index contributed by atoms with van der Waals surface area (Å²) in [6.45, 7) is -0.209. The van der Waals surface area contributed by atoms with Gasteiger partial charge in [-0.25, -0.2) is 16.8 Å². The minimum Gasteiger partial charge on any atom is -0.330 e. The van der Waals surface area contributed by atoms with E-state index in [1.165, 1.54) is 0 Å². The normalized spacial score (nSPS) is 12.1. The van der Waals surface area contributed by atoms with Crippen LogP contribution in [-0.4, -0.2) is 43.5 Å². The molecule has 2 aromatic carbocycles. The lowest BCUT2D eigenvalue weighted by Gasteiger charge is -2.22. The van der Waals surface area contributed by atoms with Gasteiger partial charge in [0.1, 0.15) is 0 Å². The van der Waals surface area contributed by atoms with Crippen molar-refractivity contribution in [1.82, 2.24) is 3.71 Å². The van der Waals surface area contributed by atoms with Crippen LogP contribution >= 0.6 is 0 Å². The Bertz CT molecular complexity index is 1040. The molecule has 0 unspecified atom stereocenters. The van der Waals surface area contributed by atoms with Crippen molar-refractivity contribution in [1.29, 1.82) is 0 Å². The molecule has 0 radical (unpaired) electrons. The van der Waals surface area contributed by atoms with Crippen LogP contribution in [0.4, 0.5) is 11.4 Å². The molecule has 162 valence electrons. The van der Waals surface area contributed by atoms with Crippen LogP contribution in [0.3, 0.4) is 0 Å². The third kappa shape index (κ3) is 4.96. The number of rotatable bonds is 10. The molecule has 12 nitrogen and oxygen atoms in total. The molecule has 0 spiro atoms. The van der Waals surface area contributed by atoms with Crippen molar-refractivity contribution in [3.05, 3.63) is 68.8 Å². The topological polar surface area (TPSA) is 184 Å². The van der Waals surface area contributed by atoms with Crippen LogP contribution in [0.25, 0.3) is 0 Å². The molecule has 2 rings (SSSR count). The number of nitro groups is 2. The van der Waals surface area contributed by atoms with E-state index in [0.717, 1.165) is 48.5 Å². The first-order valence-corrected chi connectivity index (χ1v) is 11.4. The van der Waals surface area contributed by atoms with Gasteiger partial charge in [0, 0.05) is 30.8 Å². The van der Waals surface area contributed by atoms with Crippen molar-refractivity contribution in [3.8, 4) is 0 Å². The van der Waals surface area contributed by atoms with E-state index in [1.54, 1.807) is 0 Å². The molecule has 0 aromatic heterocycles. The number of benzene rings is 2. The van der Waals surface area contributed by atoms with Gasteiger partial charge in [-0.2, -0.15) is 0 Å². The van der Waals surface area contributed by atoms with E-state index in [4.69, 9.17) is 5.73 Å². The zero-order chi connectivity index (χ0) is 22.5. The van der Waals surface area contributed by atoms with E-state index in [1.807, 2.05) is 0 Å². The molecule has 0 aliphatic rings. The van der Waals surface area contributed by atoms with Gasteiger partial charge in [-0.15, -0.1) is 0 Å². The molecule has 14 heteroatoms. The molecule has 0 aliphatic carbocycles. The number of nitrogens with two attached hydrogens (primary N) is 1. The van der Waals surface area contributed by atoms with Crippen LogP contribution in [0, 0.1) is 20.2 Å². The monoisotopic (exact) mass is 458 g/mol. The van der Waals surface area contributed by atoms with Gasteiger partial charge >= 0.3 is 0 Å². The average molecular weight is 458 g/mol. The lowest BCUT2D eigenvalue weighted by Crippen LogP contribution is -2.37. The highest BCUT2D eigenvalue weighted by atomic mass is 32.3. The highest BCUT2D eigenvalue weighted by Crippen LogP contribution is 2.27. The molecule has 2 N–H and O–H groups in total. The highest BCUT2D eigenvalue weighted by molar-refractivity contribution is 8.04. The van der Waals surface area contributed by atoms with Crippen LogP contribution in [0.15, 0.2) is 58.3 Å². The molecule has 0 bridgehead atoms. The Balaban J connectivity index is 2.52. The fourth-order valence-corrected chi connectivity index (χ4v) is 6.19. The summed E-state index contributed by atoms with van der Waals surface area (Å²) in [6, 6.07) is 7.55. The third-order valence-corrected chi connectivity index (χ3v) is 8.37. The van der Waals surface area contributed by atoms with Gasteiger partial charge in [-0.1, -0.05) is 3.71 Å². The Hall–Kier alpha value is -2.94. The van der Waals surface area contributed by atoms with Crippen LogP contribution in [-0.2, 0) is 20.0 Å². The number of hydrogen-bond acceptors (Lipinski definition) is 9. The third-order valence-electron chi connectivity index (χ3n) is 4.02. The summed E-state index contributed by atoms with van der Waals surface area (Å²) in [7, 11) is -9.22. The first-order chi connectivity index (χ1) is 14.0. The average Bonchev–Trinajstić information content (AvgIpc) is 2.71. The lowest BCUT2D eigenvalue weighted by atomic mass is 10.3. The lowest BCUT2D eigenvalue weighted by molar-refractivity contribution is -0.385. The number of hydrogen-bond donors (Lipinski definition) is 1. The Labute approximate surface area is 172 Å². The van der Waals surface area contributed by atoms with Crippen molar-refractivity contribution >= 4 is 31.4 Å². The van der Waals surface area contributed by atoms with Gasteiger partial charge in [0.25, 0.3) is 31.4 Å². The van der Waals surface area contributed by atoms with Crippen molar-refractivity contribution in [2.45, 2.75) is 22.6 Å². The molecular weight excluding hydrogens is 440 g/mol. The molecule has 0 fully saturated rings. The van der Waals surface area contributed by atoms with Gasteiger partial charge in [0.2, 0.25) is 0 Å². The second kappa shape index (κ2) is 9.25. The zero-order valence-corrected chi connectivity index (χ0v) is 17.1. The summed E-state index contributed by atoms with van der Waals surface area (Å²) in [4.78, 5) is 19.2. The van der Waals surface area contributed by atoms with E-state index in [9.17, 15) is 37.1 Å². The summed E-state index contributed by atoms with van der Waals surface area (Å²) < 4.78 is 52.4. The molecule has 0 aliphatic heterocycles. The van der Waals surface area contributed by atoms with E-state index in [-0.39, 0.29) is 28.1 Å². The highest BCUT2D eigenvalue weighted by Gasteiger charge is 2.36. The first kappa shape index (κ1) is 23.3. The van der Waals surface area contributed by atoms with Gasteiger partial charge in [0.15, 0.2) is 0 Å². The van der Waals surface area contributed by atoms with Crippen LogP contribution in [0.1, 0.15) is 12.8 Å². The van der Waals surface area contributed by atoms with Gasteiger partial charge in [-0.05, 0) is 43.7 Å². The van der Waals surface area contributed by atoms with Gasteiger partial charge < -0.3 is 5.73 Å². The Morgan fingerprint density at radius 2 is 1.10 bits per heavy atom. The Morgan fingerprint density at radius 1 is 0.733 bits per heavy atom. The number of nitro benzene ring substituents is 2. The Kier molecular flexibility index (Phi) is 7.20. The second-order valence-corrected chi connectivity index (χ2v) is 9.96. The van der Waals surface area contributed by atoms with Crippen molar-refractivity contribution < 1.29 is 26.7 Å².